The van der Waals surface area contributed by atoms with Gasteiger partial charge in [0.2, 0.25) is 12.7 Å². The molecule has 0 aliphatic carbocycles. The van der Waals surface area contributed by atoms with Gasteiger partial charge in [0.05, 0.1) is 10.7 Å². The normalized spacial score (nSPS) is 13.3. The molecule has 3 heterocycles. The van der Waals surface area contributed by atoms with Crippen LogP contribution >= 0.6 is 11.6 Å². The Morgan fingerprint density at radius 2 is 2.00 bits per heavy atom. The van der Waals surface area contributed by atoms with E-state index in [2.05, 4.69) is 10.3 Å². The number of amides is 1. The van der Waals surface area contributed by atoms with Gasteiger partial charge in [-0.1, -0.05) is 35.9 Å². The summed E-state index contributed by atoms with van der Waals surface area (Å²) in [5, 5.41) is 3.44. The summed E-state index contributed by atoms with van der Waals surface area (Å²) < 4.78 is 27.2. The number of imidazole rings is 1. The molecule has 1 aliphatic rings. The van der Waals surface area contributed by atoms with Gasteiger partial charge >= 0.3 is 0 Å². The van der Waals surface area contributed by atoms with Crippen molar-refractivity contribution in [1.29, 1.82) is 0 Å². The molecule has 32 heavy (non-hydrogen) atoms. The lowest BCUT2D eigenvalue weighted by Gasteiger charge is -2.18. The van der Waals surface area contributed by atoms with Crippen LogP contribution in [0.3, 0.4) is 0 Å². The van der Waals surface area contributed by atoms with Crippen LogP contribution < -0.4 is 14.8 Å². The number of carbonyl (C=O) groups excluding carboxylic acids is 1. The lowest BCUT2D eigenvalue weighted by atomic mass is 9.92. The average Bonchev–Trinajstić information content (AvgIpc) is 3.43. The second kappa shape index (κ2) is 8.51. The van der Waals surface area contributed by atoms with E-state index in [1.165, 1.54) is 6.07 Å². The summed E-state index contributed by atoms with van der Waals surface area (Å²) in [6, 6.07) is 15.5. The average molecular weight is 452 g/mol. The summed E-state index contributed by atoms with van der Waals surface area (Å²) in [4.78, 5) is 17.3. The van der Waals surface area contributed by atoms with Crippen LogP contribution in [0, 0.1) is 5.82 Å². The van der Waals surface area contributed by atoms with Gasteiger partial charge in [-0.25, -0.2) is 9.37 Å². The molecule has 8 heteroatoms. The first-order valence-corrected chi connectivity index (χ1v) is 10.5. The number of aromatic nitrogens is 2. The lowest BCUT2D eigenvalue weighted by Crippen LogP contribution is -2.25. The van der Waals surface area contributed by atoms with Crippen molar-refractivity contribution < 1.29 is 18.7 Å². The van der Waals surface area contributed by atoms with E-state index in [0.29, 0.717) is 40.0 Å². The van der Waals surface area contributed by atoms with Gasteiger partial charge in [-0.05, 0) is 41.5 Å². The molecular formula is C24H19ClFN3O3. The summed E-state index contributed by atoms with van der Waals surface area (Å²) in [5.74, 6) is 0.210. The van der Waals surface area contributed by atoms with E-state index < -0.39 is 5.92 Å². The predicted molar refractivity (Wildman–Crippen MR) is 117 cm³/mol. The highest BCUT2D eigenvalue weighted by molar-refractivity contribution is 6.30. The number of nitrogens with zero attached hydrogens (tertiary/aromatic N) is 2. The molecule has 0 radical (unpaired) electrons. The van der Waals surface area contributed by atoms with Gasteiger partial charge in [0.1, 0.15) is 11.5 Å². The van der Waals surface area contributed by atoms with E-state index in [0.717, 1.165) is 5.56 Å². The Morgan fingerprint density at radius 3 is 2.88 bits per heavy atom. The molecule has 1 aliphatic heterocycles. The Morgan fingerprint density at radius 1 is 1.16 bits per heavy atom. The maximum absolute atomic E-state index is 14.7. The maximum Gasteiger partial charge on any atom is 0.231 e. The minimum Gasteiger partial charge on any atom is -0.454 e. The number of hydrogen-bond acceptors (Lipinski definition) is 4. The summed E-state index contributed by atoms with van der Waals surface area (Å²) in [5.41, 5.74) is 2.66. The second-order valence-corrected chi connectivity index (χ2v) is 7.94. The van der Waals surface area contributed by atoms with Crippen molar-refractivity contribution in [3.05, 3.63) is 94.7 Å². The van der Waals surface area contributed by atoms with Crippen molar-refractivity contribution in [3.8, 4) is 11.5 Å². The molecule has 2 aromatic heterocycles. The van der Waals surface area contributed by atoms with E-state index in [1.54, 1.807) is 47.1 Å². The molecule has 5 rings (SSSR count). The Hall–Kier alpha value is -3.58. The van der Waals surface area contributed by atoms with Crippen molar-refractivity contribution in [3.63, 3.8) is 0 Å². The third kappa shape index (κ3) is 3.99. The predicted octanol–water partition coefficient (Wildman–Crippen LogP) is 4.69. The molecule has 0 bridgehead atoms. The molecule has 6 nitrogen and oxygen atoms in total. The largest absolute Gasteiger partial charge is 0.454 e. The Labute approximate surface area is 188 Å². The highest BCUT2D eigenvalue weighted by Crippen LogP contribution is 2.33. The molecule has 1 N–H and O–H groups in total. The third-order valence-electron chi connectivity index (χ3n) is 5.45. The second-order valence-electron chi connectivity index (χ2n) is 7.50. The van der Waals surface area contributed by atoms with Crippen molar-refractivity contribution in [2.45, 2.75) is 18.9 Å². The van der Waals surface area contributed by atoms with E-state index >= 15 is 0 Å². The van der Waals surface area contributed by atoms with Gasteiger partial charge in [-0.2, -0.15) is 0 Å². The fourth-order valence-corrected chi connectivity index (χ4v) is 4.03. The van der Waals surface area contributed by atoms with Crippen LogP contribution in [0.25, 0.3) is 5.65 Å². The number of nitrogens with one attached hydrogen (secondary N) is 1. The number of hydrogen-bond donors (Lipinski definition) is 1. The van der Waals surface area contributed by atoms with Gasteiger partial charge in [0.15, 0.2) is 11.5 Å². The topological polar surface area (TPSA) is 64.9 Å². The molecular weight excluding hydrogens is 433 g/mol. The van der Waals surface area contributed by atoms with Crippen molar-refractivity contribution in [2.75, 3.05) is 6.79 Å². The Kier molecular flexibility index (Phi) is 5.41. The molecule has 1 unspecified atom stereocenters. The summed E-state index contributed by atoms with van der Waals surface area (Å²) in [6.45, 7) is 0.511. The molecule has 2 aromatic carbocycles. The number of rotatable bonds is 6. The van der Waals surface area contributed by atoms with Crippen LogP contribution in [0.5, 0.6) is 11.5 Å². The van der Waals surface area contributed by atoms with E-state index in [9.17, 15) is 9.18 Å². The first-order chi connectivity index (χ1) is 15.6. The zero-order valence-corrected chi connectivity index (χ0v) is 17.7. The fraction of sp³-hybridized carbons (Fsp3) is 0.167. The number of ether oxygens (including phenoxy) is 2. The van der Waals surface area contributed by atoms with Crippen molar-refractivity contribution in [2.24, 2.45) is 0 Å². The molecule has 4 aromatic rings. The van der Waals surface area contributed by atoms with Crippen LogP contribution in [-0.4, -0.2) is 22.1 Å². The van der Waals surface area contributed by atoms with Crippen molar-refractivity contribution >= 4 is 23.2 Å². The zero-order valence-electron chi connectivity index (χ0n) is 16.9. The lowest BCUT2D eigenvalue weighted by molar-refractivity contribution is -0.121. The van der Waals surface area contributed by atoms with Crippen LogP contribution in [0.2, 0.25) is 5.02 Å². The molecule has 0 fully saturated rings. The standard InChI is InChI=1S/C24H19ClFN3O3/c25-16-6-8-23-27-12-20(29(23)13-16)18(17-3-1-2-4-19(17)26)10-24(30)28-11-15-5-7-21-22(9-15)32-14-31-21/h1-9,12-13,18H,10-11,14H2,(H,28,30). The first-order valence-electron chi connectivity index (χ1n) is 10.1. The van der Waals surface area contributed by atoms with Crippen LogP contribution in [0.15, 0.2) is 67.0 Å². The zero-order chi connectivity index (χ0) is 22.1. The maximum atomic E-state index is 14.7. The number of pyridine rings is 1. The molecule has 0 spiro atoms. The van der Waals surface area contributed by atoms with E-state index in [-0.39, 0.29) is 24.9 Å². The Balaban J connectivity index is 1.40. The summed E-state index contributed by atoms with van der Waals surface area (Å²) in [6.07, 6.45) is 3.43. The van der Waals surface area contributed by atoms with Crippen LogP contribution in [0.1, 0.15) is 29.2 Å². The van der Waals surface area contributed by atoms with Gasteiger partial charge in [0, 0.05) is 31.3 Å². The van der Waals surface area contributed by atoms with Gasteiger partial charge in [-0.3, -0.25) is 4.79 Å². The highest BCUT2D eigenvalue weighted by atomic mass is 35.5. The summed E-state index contributed by atoms with van der Waals surface area (Å²) in [7, 11) is 0. The number of benzene rings is 2. The monoisotopic (exact) mass is 451 g/mol. The fourth-order valence-electron chi connectivity index (χ4n) is 3.87. The molecule has 162 valence electrons. The smallest absolute Gasteiger partial charge is 0.231 e. The van der Waals surface area contributed by atoms with Crippen LogP contribution in [0.4, 0.5) is 4.39 Å². The molecule has 0 saturated carbocycles. The van der Waals surface area contributed by atoms with E-state index in [1.807, 2.05) is 18.2 Å². The Bertz CT molecular complexity index is 1310. The van der Waals surface area contributed by atoms with Gasteiger partial charge in [0.25, 0.3) is 0 Å². The highest BCUT2D eigenvalue weighted by Gasteiger charge is 2.24. The van der Waals surface area contributed by atoms with Gasteiger partial charge < -0.3 is 19.2 Å². The summed E-state index contributed by atoms with van der Waals surface area (Å²) >= 11 is 6.17. The SMILES string of the molecule is O=C(CC(c1ccccc1F)c1cnc2ccc(Cl)cn12)NCc1ccc2c(c1)OCO2. The molecule has 0 saturated heterocycles. The minimum absolute atomic E-state index is 0.0474. The number of carbonyl (C=O) groups is 1. The van der Waals surface area contributed by atoms with Crippen molar-refractivity contribution in [1.82, 2.24) is 14.7 Å². The first kappa shape index (κ1) is 20.3. The van der Waals surface area contributed by atoms with E-state index in [4.69, 9.17) is 21.1 Å². The minimum atomic E-state index is -0.540. The number of halogens is 2. The molecule has 1 amide bonds. The van der Waals surface area contributed by atoms with Gasteiger partial charge in [-0.15, -0.1) is 0 Å². The quantitative estimate of drug-likeness (QED) is 0.461. The van der Waals surface area contributed by atoms with Crippen LogP contribution in [-0.2, 0) is 11.3 Å². The molecule has 1 atom stereocenters. The third-order valence-corrected chi connectivity index (χ3v) is 5.68. The number of fused-ring (bicyclic) bond motifs is 2.